The van der Waals surface area contributed by atoms with E-state index in [0.717, 1.165) is 0 Å². The summed E-state index contributed by atoms with van der Waals surface area (Å²) in [5, 5.41) is 30.8. The molecule has 0 unspecified atom stereocenters. The summed E-state index contributed by atoms with van der Waals surface area (Å²) in [6, 6.07) is 13.0. The maximum atomic E-state index is 12.7. The molecule has 144 valence electrons. The standard InChI is InChI=1S/C20H18N2O6/c23-12-4-11-21-17(13-7-9-15(10-8-13)22(27)28)16(19(25)20(21)26)18(24)14-5-2-1-3-6-14/h1-3,5-10,17,23-24H,4,11-12H2/b18-16+/t17-/m0/s1. The fourth-order valence-corrected chi connectivity index (χ4v) is 3.23. The van der Waals surface area contributed by atoms with Gasteiger partial charge in [0, 0.05) is 30.8 Å². The van der Waals surface area contributed by atoms with Crippen LogP contribution < -0.4 is 0 Å². The van der Waals surface area contributed by atoms with Crippen LogP contribution in [0.25, 0.3) is 5.76 Å². The van der Waals surface area contributed by atoms with Crippen molar-refractivity contribution in [2.24, 2.45) is 0 Å². The van der Waals surface area contributed by atoms with Crippen LogP contribution in [0.2, 0.25) is 0 Å². The number of benzene rings is 2. The molecule has 2 aromatic rings. The minimum Gasteiger partial charge on any atom is -0.507 e. The number of rotatable bonds is 6. The largest absolute Gasteiger partial charge is 0.507 e. The molecule has 0 radical (unpaired) electrons. The van der Waals surface area contributed by atoms with Gasteiger partial charge in [-0.05, 0) is 24.1 Å². The molecule has 1 atom stereocenters. The SMILES string of the molecule is O=C1C(=O)N(CCCO)[C@@H](c2ccc([N+](=O)[O-])cc2)/C1=C(\O)c1ccccc1. The molecule has 0 spiro atoms. The molecule has 0 saturated carbocycles. The summed E-state index contributed by atoms with van der Waals surface area (Å²) in [4.78, 5) is 36.9. The molecule has 1 aliphatic rings. The van der Waals surface area contributed by atoms with Crippen LogP contribution in [0, 0.1) is 10.1 Å². The topological polar surface area (TPSA) is 121 Å². The molecule has 8 heteroatoms. The Morgan fingerprint density at radius 2 is 1.71 bits per heavy atom. The summed E-state index contributed by atoms with van der Waals surface area (Å²) in [6.07, 6.45) is 0.252. The van der Waals surface area contributed by atoms with Crippen LogP contribution >= 0.6 is 0 Å². The zero-order valence-corrected chi connectivity index (χ0v) is 14.8. The van der Waals surface area contributed by atoms with Crippen molar-refractivity contribution >= 4 is 23.1 Å². The Bertz CT molecular complexity index is 937. The molecule has 2 N–H and O–H groups in total. The highest BCUT2D eigenvalue weighted by Gasteiger charge is 2.45. The van der Waals surface area contributed by atoms with Gasteiger partial charge < -0.3 is 15.1 Å². The lowest BCUT2D eigenvalue weighted by atomic mass is 9.95. The second kappa shape index (κ2) is 8.01. The molecule has 1 fully saturated rings. The van der Waals surface area contributed by atoms with Gasteiger partial charge in [0.15, 0.2) is 0 Å². The smallest absolute Gasteiger partial charge is 0.295 e. The summed E-state index contributed by atoms with van der Waals surface area (Å²) in [7, 11) is 0. The van der Waals surface area contributed by atoms with Gasteiger partial charge in [-0.15, -0.1) is 0 Å². The molecule has 2 aromatic carbocycles. The normalized spacial score (nSPS) is 18.5. The van der Waals surface area contributed by atoms with E-state index in [4.69, 9.17) is 5.11 Å². The third-order valence-electron chi connectivity index (χ3n) is 4.56. The minimum absolute atomic E-state index is 0.0806. The van der Waals surface area contributed by atoms with Crippen LogP contribution in [0.3, 0.4) is 0 Å². The third kappa shape index (κ3) is 3.49. The van der Waals surface area contributed by atoms with E-state index in [1.165, 1.54) is 29.2 Å². The number of likely N-dealkylation sites (tertiary alicyclic amines) is 1. The summed E-state index contributed by atoms with van der Waals surface area (Å²) in [6.45, 7) is -0.0665. The van der Waals surface area contributed by atoms with Gasteiger partial charge in [0.1, 0.15) is 5.76 Å². The van der Waals surface area contributed by atoms with Crippen LogP contribution in [-0.4, -0.2) is 44.9 Å². The van der Waals surface area contributed by atoms with Gasteiger partial charge in [-0.3, -0.25) is 19.7 Å². The van der Waals surface area contributed by atoms with Gasteiger partial charge in [-0.1, -0.05) is 30.3 Å². The number of carbonyl (C=O) groups is 2. The van der Waals surface area contributed by atoms with Gasteiger partial charge in [0.25, 0.3) is 17.4 Å². The van der Waals surface area contributed by atoms with Crippen molar-refractivity contribution in [2.45, 2.75) is 12.5 Å². The number of hydrogen-bond acceptors (Lipinski definition) is 6. The van der Waals surface area contributed by atoms with Crippen molar-refractivity contribution in [3.8, 4) is 0 Å². The van der Waals surface area contributed by atoms with Crippen molar-refractivity contribution in [2.75, 3.05) is 13.2 Å². The zero-order valence-electron chi connectivity index (χ0n) is 14.8. The molecule has 0 aromatic heterocycles. The maximum Gasteiger partial charge on any atom is 0.295 e. The Morgan fingerprint density at radius 3 is 2.29 bits per heavy atom. The first-order valence-corrected chi connectivity index (χ1v) is 8.64. The average molecular weight is 382 g/mol. The predicted octanol–water partition coefficient (Wildman–Crippen LogP) is 2.40. The second-order valence-electron chi connectivity index (χ2n) is 6.28. The third-order valence-corrected chi connectivity index (χ3v) is 4.56. The van der Waals surface area contributed by atoms with Crippen molar-refractivity contribution in [3.63, 3.8) is 0 Å². The number of nitrogens with zero attached hydrogens (tertiary/aromatic N) is 2. The van der Waals surface area contributed by atoms with Gasteiger partial charge >= 0.3 is 0 Å². The van der Waals surface area contributed by atoms with E-state index in [9.17, 15) is 24.8 Å². The summed E-state index contributed by atoms with van der Waals surface area (Å²) >= 11 is 0. The number of nitro benzene ring substituents is 1. The number of amides is 1. The Hall–Kier alpha value is -3.52. The summed E-state index contributed by atoms with van der Waals surface area (Å²) < 4.78 is 0. The zero-order chi connectivity index (χ0) is 20.3. The Balaban J connectivity index is 2.14. The first-order chi connectivity index (χ1) is 13.5. The Labute approximate surface area is 160 Å². The van der Waals surface area contributed by atoms with E-state index >= 15 is 0 Å². The molecular formula is C20H18N2O6. The minimum atomic E-state index is -0.896. The van der Waals surface area contributed by atoms with Gasteiger partial charge in [-0.25, -0.2) is 0 Å². The number of Topliss-reactive ketones (excluding diaryl/α,β-unsaturated/α-hetero) is 1. The van der Waals surface area contributed by atoms with E-state index in [1.54, 1.807) is 30.3 Å². The molecule has 1 amide bonds. The van der Waals surface area contributed by atoms with Crippen molar-refractivity contribution in [1.82, 2.24) is 4.90 Å². The molecule has 1 aliphatic heterocycles. The summed E-state index contributed by atoms with van der Waals surface area (Å²) in [5.74, 6) is -1.93. The number of ketones is 1. The van der Waals surface area contributed by atoms with Crippen LogP contribution in [0.4, 0.5) is 5.69 Å². The summed E-state index contributed by atoms with van der Waals surface area (Å²) in [5.41, 5.74) is 0.636. The lowest BCUT2D eigenvalue weighted by molar-refractivity contribution is -0.384. The van der Waals surface area contributed by atoms with E-state index in [1.807, 2.05) is 0 Å². The van der Waals surface area contributed by atoms with Crippen LogP contribution in [0.1, 0.15) is 23.6 Å². The molecule has 0 bridgehead atoms. The average Bonchev–Trinajstić information content (AvgIpc) is 2.97. The van der Waals surface area contributed by atoms with E-state index in [-0.39, 0.29) is 36.6 Å². The van der Waals surface area contributed by atoms with Crippen LogP contribution in [-0.2, 0) is 9.59 Å². The molecule has 1 saturated heterocycles. The first-order valence-electron chi connectivity index (χ1n) is 8.64. The Kier molecular flexibility index (Phi) is 5.51. The first kappa shape index (κ1) is 19.2. The molecule has 1 heterocycles. The van der Waals surface area contributed by atoms with Crippen molar-refractivity contribution < 1.29 is 24.7 Å². The number of aliphatic hydroxyl groups is 2. The molecule has 0 aliphatic carbocycles. The molecule has 28 heavy (non-hydrogen) atoms. The highest BCUT2D eigenvalue weighted by Crippen LogP contribution is 2.39. The number of non-ortho nitro benzene ring substituents is 1. The number of nitro groups is 1. The maximum absolute atomic E-state index is 12.7. The highest BCUT2D eigenvalue weighted by atomic mass is 16.6. The lowest BCUT2D eigenvalue weighted by Gasteiger charge is -2.25. The van der Waals surface area contributed by atoms with Crippen molar-refractivity contribution in [3.05, 3.63) is 81.4 Å². The van der Waals surface area contributed by atoms with E-state index in [0.29, 0.717) is 11.1 Å². The number of aliphatic hydroxyl groups excluding tert-OH is 2. The van der Waals surface area contributed by atoms with Gasteiger partial charge in [0.2, 0.25) is 0 Å². The number of hydrogen-bond donors (Lipinski definition) is 2. The fourth-order valence-electron chi connectivity index (χ4n) is 3.23. The van der Waals surface area contributed by atoms with E-state index in [2.05, 4.69) is 0 Å². The molecule has 3 rings (SSSR count). The van der Waals surface area contributed by atoms with Crippen molar-refractivity contribution in [1.29, 1.82) is 0 Å². The second-order valence-corrected chi connectivity index (χ2v) is 6.28. The lowest BCUT2D eigenvalue weighted by Crippen LogP contribution is -2.31. The highest BCUT2D eigenvalue weighted by molar-refractivity contribution is 6.46. The van der Waals surface area contributed by atoms with Gasteiger partial charge in [0.05, 0.1) is 16.5 Å². The Morgan fingerprint density at radius 1 is 1.07 bits per heavy atom. The quantitative estimate of drug-likeness (QED) is 0.260. The molecular weight excluding hydrogens is 364 g/mol. The molecule has 8 nitrogen and oxygen atoms in total. The monoisotopic (exact) mass is 382 g/mol. The van der Waals surface area contributed by atoms with Crippen LogP contribution in [0.5, 0.6) is 0 Å². The number of carbonyl (C=O) groups excluding carboxylic acids is 2. The van der Waals surface area contributed by atoms with E-state index < -0.39 is 22.7 Å². The predicted molar refractivity (Wildman–Crippen MR) is 100 cm³/mol. The fraction of sp³-hybridized carbons (Fsp3) is 0.200. The van der Waals surface area contributed by atoms with Crippen LogP contribution in [0.15, 0.2) is 60.2 Å². The van der Waals surface area contributed by atoms with Gasteiger partial charge in [-0.2, -0.15) is 0 Å².